The van der Waals surface area contributed by atoms with E-state index < -0.39 is 11.6 Å². The van der Waals surface area contributed by atoms with Gasteiger partial charge < -0.3 is 4.74 Å². The van der Waals surface area contributed by atoms with Crippen molar-refractivity contribution in [2.45, 2.75) is 13.3 Å². The second-order valence-corrected chi connectivity index (χ2v) is 6.90. The molecule has 29 heavy (non-hydrogen) atoms. The van der Waals surface area contributed by atoms with Crippen LogP contribution < -0.4 is 4.74 Å². The van der Waals surface area contributed by atoms with Gasteiger partial charge in [0, 0.05) is 29.6 Å². The molecular weight excluding hydrogens is 374 g/mol. The van der Waals surface area contributed by atoms with Crippen molar-refractivity contribution in [2.75, 3.05) is 7.11 Å². The third-order valence-electron chi connectivity index (χ3n) is 5.13. The predicted octanol–water partition coefficient (Wildman–Crippen LogP) is 4.42. The monoisotopic (exact) mass is 390 g/mol. The molecule has 0 aliphatic heterocycles. The second kappa shape index (κ2) is 6.48. The van der Waals surface area contributed by atoms with Crippen molar-refractivity contribution in [2.24, 2.45) is 0 Å². The van der Waals surface area contributed by atoms with Crippen molar-refractivity contribution in [1.29, 1.82) is 0 Å². The molecular formula is C22H16F2N4O. The van der Waals surface area contributed by atoms with Gasteiger partial charge in [-0.05, 0) is 36.2 Å². The molecule has 0 saturated heterocycles. The highest BCUT2D eigenvalue weighted by Crippen LogP contribution is 2.31. The molecule has 0 radical (unpaired) electrons. The van der Waals surface area contributed by atoms with Crippen LogP contribution >= 0.6 is 0 Å². The summed E-state index contributed by atoms with van der Waals surface area (Å²) in [6, 6.07) is 6.30. The van der Waals surface area contributed by atoms with Gasteiger partial charge in [-0.1, -0.05) is 18.2 Å². The zero-order valence-corrected chi connectivity index (χ0v) is 15.8. The summed E-state index contributed by atoms with van der Waals surface area (Å²) in [6.07, 6.45) is 8.05. The number of fused-ring (bicyclic) bond motifs is 2. The van der Waals surface area contributed by atoms with E-state index in [9.17, 15) is 8.78 Å². The van der Waals surface area contributed by atoms with Crippen LogP contribution in [-0.2, 0) is 6.42 Å². The van der Waals surface area contributed by atoms with Gasteiger partial charge in [0.15, 0.2) is 17.3 Å². The van der Waals surface area contributed by atoms with E-state index in [0.717, 1.165) is 39.8 Å². The first-order valence-corrected chi connectivity index (χ1v) is 9.10. The Balaban J connectivity index is 1.75. The molecule has 5 nitrogen and oxygen atoms in total. The van der Waals surface area contributed by atoms with Crippen molar-refractivity contribution in [1.82, 2.24) is 19.6 Å². The molecule has 0 unspecified atom stereocenters. The van der Waals surface area contributed by atoms with Crippen LogP contribution in [0.3, 0.4) is 0 Å². The van der Waals surface area contributed by atoms with Crippen molar-refractivity contribution in [3.05, 3.63) is 82.8 Å². The molecule has 3 heterocycles. The molecule has 0 atom stereocenters. The number of nitrogens with zero attached hydrogens (tertiary/aromatic N) is 4. The van der Waals surface area contributed by atoms with Crippen molar-refractivity contribution < 1.29 is 13.5 Å². The van der Waals surface area contributed by atoms with Gasteiger partial charge >= 0.3 is 0 Å². The molecule has 3 aromatic heterocycles. The summed E-state index contributed by atoms with van der Waals surface area (Å²) >= 11 is 0. The fourth-order valence-corrected chi connectivity index (χ4v) is 3.56. The fraction of sp³-hybridized carbons (Fsp3) is 0.136. The highest BCUT2D eigenvalue weighted by Gasteiger charge is 2.21. The van der Waals surface area contributed by atoms with E-state index >= 15 is 0 Å². The maximum Gasteiger partial charge on any atom is 0.213 e. The highest BCUT2D eigenvalue weighted by atomic mass is 19.2. The van der Waals surface area contributed by atoms with Gasteiger partial charge in [0.25, 0.3) is 0 Å². The number of benzene rings is 1. The Hall–Kier alpha value is -3.61. The minimum Gasteiger partial charge on any atom is -0.481 e. The van der Waals surface area contributed by atoms with Crippen LogP contribution in [0.15, 0.2) is 48.7 Å². The first-order valence-electron chi connectivity index (χ1n) is 9.10. The number of aryl methyl sites for hydroxylation is 1. The van der Waals surface area contributed by atoms with Crippen LogP contribution in [0.25, 0.3) is 22.1 Å². The third kappa shape index (κ3) is 2.69. The van der Waals surface area contributed by atoms with Crippen molar-refractivity contribution in [3.63, 3.8) is 0 Å². The minimum atomic E-state index is -0.986. The van der Waals surface area contributed by atoms with Crippen LogP contribution in [-0.4, -0.2) is 26.7 Å². The van der Waals surface area contributed by atoms with Gasteiger partial charge in [0.1, 0.15) is 5.52 Å². The van der Waals surface area contributed by atoms with Gasteiger partial charge in [0.05, 0.1) is 18.5 Å². The Morgan fingerprint density at radius 1 is 1.14 bits per heavy atom. The lowest BCUT2D eigenvalue weighted by atomic mass is 9.98. The number of ether oxygens (including phenoxy) is 1. The molecule has 144 valence electrons. The smallest absolute Gasteiger partial charge is 0.213 e. The summed E-state index contributed by atoms with van der Waals surface area (Å²) in [5, 5.41) is 5.00. The zero-order valence-electron chi connectivity index (χ0n) is 15.8. The molecule has 0 bridgehead atoms. The maximum atomic E-state index is 14.4. The van der Waals surface area contributed by atoms with E-state index in [1.54, 1.807) is 22.8 Å². The van der Waals surface area contributed by atoms with Crippen LogP contribution in [0.1, 0.15) is 22.5 Å². The van der Waals surface area contributed by atoms with E-state index in [1.165, 1.54) is 7.11 Å². The summed E-state index contributed by atoms with van der Waals surface area (Å²) in [4.78, 5) is 8.89. The lowest BCUT2D eigenvalue weighted by Crippen LogP contribution is -2.04. The first kappa shape index (κ1) is 17.5. The van der Waals surface area contributed by atoms with E-state index in [4.69, 9.17) is 9.72 Å². The van der Waals surface area contributed by atoms with E-state index in [1.807, 2.05) is 31.2 Å². The summed E-state index contributed by atoms with van der Waals surface area (Å²) < 4.78 is 35.2. The maximum absolute atomic E-state index is 14.4. The minimum absolute atomic E-state index is 0.0541. The van der Waals surface area contributed by atoms with E-state index in [2.05, 4.69) is 10.1 Å². The first-order chi connectivity index (χ1) is 14.1. The average Bonchev–Trinajstić information content (AvgIpc) is 3.03. The van der Waals surface area contributed by atoms with E-state index in [-0.39, 0.29) is 11.4 Å². The van der Waals surface area contributed by atoms with Gasteiger partial charge in [-0.25, -0.2) is 23.3 Å². The molecule has 7 heteroatoms. The molecule has 0 saturated carbocycles. The Kier molecular flexibility index (Phi) is 3.91. The Morgan fingerprint density at radius 3 is 2.69 bits per heavy atom. The quantitative estimate of drug-likeness (QED) is 0.518. The average molecular weight is 390 g/mol. The number of methoxy groups -OCH3 is 1. The lowest BCUT2D eigenvalue weighted by molar-refractivity contribution is 0.398. The summed E-state index contributed by atoms with van der Waals surface area (Å²) in [7, 11) is 1.45. The zero-order chi connectivity index (χ0) is 20.1. The van der Waals surface area contributed by atoms with Crippen molar-refractivity contribution >= 4 is 22.1 Å². The summed E-state index contributed by atoms with van der Waals surface area (Å²) in [5.41, 5.74) is 5.15. The molecule has 1 aliphatic rings. The molecule has 0 amide bonds. The van der Waals surface area contributed by atoms with Gasteiger partial charge in [-0.2, -0.15) is 5.10 Å². The third-order valence-corrected chi connectivity index (χ3v) is 5.13. The number of allylic oxidation sites excluding steroid dienone is 4. The van der Waals surface area contributed by atoms with E-state index in [0.29, 0.717) is 11.8 Å². The van der Waals surface area contributed by atoms with Crippen LogP contribution in [0, 0.1) is 18.6 Å². The summed E-state index contributed by atoms with van der Waals surface area (Å²) in [5.74, 6) is -1.71. The number of pyridine rings is 1. The molecule has 0 spiro atoms. The SMILES string of the molecule is COc1cc(Cc2c(C3=CC=C3)nc3c(C)ccnn23)c2ccc(F)c(F)c2n1. The Morgan fingerprint density at radius 2 is 1.97 bits per heavy atom. The van der Waals surface area contributed by atoms with Gasteiger partial charge in [0.2, 0.25) is 5.88 Å². The van der Waals surface area contributed by atoms with Crippen LogP contribution in [0.5, 0.6) is 5.88 Å². The Labute approximate surface area is 165 Å². The predicted molar refractivity (Wildman–Crippen MR) is 106 cm³/mol. The number of hydrogen-bond acceptors (Lipinski definition) is 4. The lowest BCUT2D eigenvalue weighted by Gasteiger charge is -2.12. The molecule has 0 fully saturated rings. The summed E-state index contributed by atoms with van der Waals surface area (Å²) in [6.45, 7) is 1.98. The topological polar surface area (TPSA) is 52.3 Å². The largest absolute Gasteiger partial charge is 0.481 e. The van der Waals surface area contributed by atoms with Crippen LogP contribution in [0.4, 0.5) is 8.78 Å². The molecule has 0 N–H and O–H groups in total. The number of hydrogen-bond donors (Lipinski definition) is 0. The number of imidazole rings is 1. The van der Waals surface area contributed by atoms with Crippen LogP contribution in [0.2, 0.25) is 0 Å². The molecule has 1 aliphatic carbocycles. The number of halogens is 2. The molecule has 4 aromatic rings. The second-order valence-electron chi connectivity index (χ2n) is 6.90. The highest BCUT2D eigenvalue weighted by molar-refractivity contribution is 5.85. The van der Waals surface area contributed by atoms with Gasteiger partial charge in [-0.3, -0.25) is 0 Å². The standard InChI is InChI=1S/C22H16F2N4O/c1-12-8-9-25-28-17(20(27-22(12)28)13-4-3-5-13)10-14-11-18(29-2)26-21-15(14)6-7-16(23)19(21)24/h3-9,11H,10H2,1-2H3. The Bertz CT molecular complexity index is 1350. The number of aromatic nitrogens is 4. The normalized spacial score (nSPS) is 13.0. The molecule has 1 aromatic carbocycles. The van der Waals surface area contributed by atoms with Gasteiger partial charge in [-0.15, -0.1) is 0 Å². The fourth-order valence-electron chi connectivity index (χ4n) is 3.56. The number of rotatable bonds is 4. The van der Waals surface area contributed by atoms with Crippen molar-refractivity contribution in [3.8, 4) is 5.88 Å². The molecule has 5 rings (SSSR count).